The molecule has 1 aromatic carbocycles. The zero-order valence-electron chi connectivity index (χ0n) is 12.9. The van der Waals surface area contributed by atoms with Gasteiger partial charge in [0.2, 0.25) is 0 Å². The lowest BCUT2D eigenvalue weighted by molar-refractivity contribution is -0.156. The van der Waals surface area contributed by atoms with Crippen LogP contribution in [0.25, 0.3) is 0 Å². The summed E-state index contributed by atoms with van der Waals surface area (Å²) in [4.78, 5) is 26.7. The second-order valence-corrected chi connectivity index (χ2v) is 6.06. The minimum atomic E-state index is -0.408. The highest BCUT2D eigenvalue weighted by molar-refractivity contribution is 5.89. The third-order valence-corrected chi connectivity index (χ3v) is 4.96. The summed E-state index contributed by atoms with van der Waals surface area (Å²) in [6.07, 6.45) is 2.26. The Labute approximate surface area is 130 Å². The first-order valence-corrected chi connectivity index (χ1v) is 7.67. The smallest absolute Gasteiger partial charge is 0.338 e. The van der Waals surface area contributed by atoms with Crippen molar-refractivity contribution in [3.05, 3.63) is 35.9 Å². The van der Waals surface area contributed by atoms with E-state index in [1.165, 1.54) is 7.11 Å². The van der Waals surface area contributed by atoms with E-state index >= 15 is 0 Å². The molecule has 0 radical (unpaired) electrons. The van der Waals surface area contributed by atoms with Gasteiger partial charge in [-0.25, -0.2) is 4.79 Å². The Morgan fingerprint density at radius 1 is 1.18 bits per heavy atom. The quantitative estimate of drug-likeness (QED) is 0.798. The Morgan fingerprint density at radius 2 is 1.91 bits per heavy atom. The third kappa shape index (κ3) is 2.61. The highest BCUT2D eigenvalue weighted by Crippen LogP contribution is 2.40. The van der Waals surface area contributed by atoms with Crippen LogP contribution in [0.4, 0.5) is 0 Å². The van der Waals surface area contributed by atoms with Gasteiger partial charge in [-0.15, -0.1) is 0 Å². The molecule has 0 spiro atoms. The number of hydrogen-bond donors (Lipinski definition) is 0. The van der Waals surface area contributed by atoms with E-state index in [4.69, 9.17) is 9.47 Å². The van der Waals surface area contributed by atoms with Crippen molar-refractivity contribution >= 4 is 11.9 Å². The van der Waals surface area contributed by atoms with Crippen molar-refractivity contribution in [2.45, 2.75) is 37.5 Å². The number of esters is 2. The number of carbonyl (C=O) groups is 2. The van der Waals surface area contributed by atoms with Crippen LogP contribution in [0.2, 0.25) is 0 Å². The Morgan fingerprint density at radius 3 is 2.59 bits per heavy atom. The highest BCUT2D eigenvalue weighted by Gasteiger charge is 2.50. The number of ether oxygens (including phenoxy) is 2. The van der Waals surface area contributed by atoms with E-state index in [1.807, 2.05) is 13.1 Å². The molecular weight excluding hydrogens is 281 g/mol. The van der Waals surface area contributed by atoms with E-state index in [0.717, 1.165) is 12.8 Å². The van der Waals surface area contributed by atoms with E-state index in [0.29, 0.717) is 18.0 Å². The van der Waals surface area contributed by atoms with Crippen LogP contribution in [0, 0.1) is 5.92 Å². The van der Waals surface area contributed by atoms with Gasteiger partial charge in [-0.3, -0.25) is 9.69 Å². The van der Waals surface area contributed by atoms with E-state index in [-0.39, 0.29) is 18.0 Å². The Bertz CT molecular complexity index is 559. The molecule has 4 atom stereocenters. The molecular formula is C17H21NO4. The molecule has 2 bridgehead atoms. The lowest BCUT2D eigenvalue weighted by Gasteiger charge is -2.40. The molecule has 0 saturated carbocycles. The largest absolute Gasteiger partial charge is 0.469 e. The summed E-state index contributed by atoms with van der Waals surface area (Å²) in [7, 11) is 3.42. The summed E-state index contributed by atoms with van der Waals surface area (Å²) in [5.41, 5.74) is 0.511. The van der Waals surface area contributed by atoms with Crippen LogP contribution >= 0.6 is 0 Å². The van der Waals surface area contributed by atoms with Gasteiger partial charge >= 0.3 is 11.9 Å². The van der Waals surface area contributed by atoms with Crippen molar-refractivity contribution < 1.29 is 19.1 Å². The monoisotopic (exact) mass is 302 g/mol. The second kappa shape index (κ2) is 6.08. The van der Waals surface area contributed by atoms with Gasteiger partial charge in [0.1, 0.15) is 12.0 Å². The SMILES string of the molecule is CN1[C@H]2CC[C@@H]1[C@@H](C(=O)O[11CH3])[C@@H](OC(=O)c1ccccc1)C2. The lowest BCUT2D eigenvalue weighted by atomic mass is 9.87. The number of carbonyl (C=O) groups excluding carboxylic acids is 2. The van der Waals surface area contributed by atoms with Crippen LogP contribution in [0.5, 0.6) is 0 Å². The van der Waals surface area contributed by atoms with E-state index < -0.39 is 12.0 Å². The van der Waals surface area contributed by atoms with E-state index in [9.17, 15) is 9.59 Å². The number of rotatable bonds is 3. The first-order valence-electron chi connectivity index (χ1n) is 7.67. The van der Waals surface area contributed by atoms with Crippen molar-refractivity contribution in [2.75, 3.05) is 14.2 Å². The molecule has 118 valence electrons. The van der Waals surface area contributed by atoms with Crippen molar-refractivity contribution in [3.63, 3.8) is 0 Å². The second-order valence-electron chi connectivity index (χ2n) is 6.06. The average Bonchev–Trinajstić information content (AvgIpc) is 2.78. The lowest BCUT2D eigenvalue weighted by Crippen LogP contribution is -2.53. The number of fused-ring (bicyclic) bond motifs is 2. The molecule has 22 heavy (non-hydrogen) atoms. The van der Waals surface area contributed by atoms with E-state index in [1.54, 1.807) is 24.3 Å². The molecule has 2 heterocycles. The fourth-order valence-electron chi connectivity index (χ4n) is 3.77. The predicted molar refractivity (Wildman–Crippen MR) is 80.3 cm³/mol. The number of hydrogen-bond acceptors (Lipinski definition) is 5. The molecule has 0 N–H and O–H groups in total. The Kier molecular flexibility index (Phi) is 4.16. The normalized spacial score (nSPS) is 30.8. The minimum Gasteiger partial charge on any atom is -0.469 e. The fourth-order valence-corrected chi connectivity index (χ4v) is 3.77. The summed E-state index contributed by atoms with van der Waals surface area (Å²) in [5.74, 6) is -1.06. The fraction of sp³-hybridized carbons (Fsp3) is 0.529. The molecule has 5 heteroatoms. The summed E-state index contributed by atoms with van der Waals surface area (Å²) in [5, 5.41) is 0. The molecule has 3 rings (SSSR count). The van der Waals surface area contributed by atoms with Crippen LogP contribution in [0.15, 0.2) is 30.3 Å². The average molecular weight is 302 g/mol. The minimum absolute atomic E-state index is 0.0970. The summed E-state index contributed by atoms with van der Waals surface area (Å²) in [6, 6.07) is 9.36. The van der Waals surface area contributed by atoms with Crippen molar-refractivity contribution in [2.24, 2.45) is 5.92 Å². The molecule has 5 nitrogen and oxygen atoms in total. The van der Waals surface area contributed by atoms with Gasteiger partial charge < -0.3 is 9.47 Å². The summed E-state index contributed by atoms with van der Waals surface area (Å²) in [6.45, 7) is 0. The van der Waals surface area contributed by atoms with Gasteiger partial charge in [-0.1, -0.05) is 18.2 Å². The van der Waals surface area contributed by atoms with Crippen LogP contribution in [0.3, 0.4) is 0 Å². The van der Waals surface area contributed by atoms with Crippen LogP contribution in [-0.4, -0.2) is 49.2 Å². The van der Waals surface area contributed by atoms with Gasteiger partial charge in [0.15, 0.2) is 0 Å². The topological polar surface area (TPSA) is 55.8 Å². The van der Waals surface area contributed by atoms with Crippen LogP contribution < -0.4 is 0 Å². The standard InChI is InChI=1S/C17H21NO4/c1-18-12-8-9-13(18)15(17(20)21-2)14(10-12)22-16(19)11-6-4-3-5-7-11/h3-7,12-15H,8-10H2,1-2H3/t12-,13+,14-,15+/m0/s1/i2-1. The predicted octanol–water partition coefficient (Wildman–Crippen LogP) is 1.87. The van der Waals surface area contributed by atoms with Crippen molar-refractivity contribution in [1.82, 2.24) is 4.90 Å². The van der Waals surface area contributed by atoms with Gasteiger partial charge in [0.05, 0.1) is 12.7 Å². The van der Waals surface area contributed by atoms with E-state index in [2.05, 4.69) is 4.90 Å². The Hall–Kier alpha value is -1.88. The zero-order valence-corrected chi connectivity index (χ0v) is 12.9. The number of benzene rings is 1. The van der Waals surface area contributed by atoms with Gasteiger partial charge in [0, 0.05) is 18.5 Å². The van der Waals surface area contributed by atoms with Crippen LogP contribution in [0.1, 0.15) is 29.6 Å². The first-order chi connectivity index (χ1) is 10.6. The molecule has 2 aliphatic heterocycles. The maximum atomic E-state index is 12.3. The van der Waals surface area contributed by atoms with Crippen LogP contribution in [-0.2, 0) is 14.3 Å². The van der Waals surface area contributed by atoms with Crippen molar-refractivity contribution in [3.8, 4) is 0 Å². The third-order valence-electron chi connectivity index (χ3n) is 4.96. The maximum Gasteiger partial charge on any atom is 0.338 e. The van der Waals surface area contributed by atoms with Gasteiger partial charge in [-0.2, -0.15) is 0 Å². The van der Waals surface area contributed by atoms with Gasteiger partial charge in [-0.05, 0) is 32.0 Å². The maximum absolute atomic E-state index is 12.3. The Balaban J connectivity index is 1.79. The molecule has 2 aliphatic rings. The zero-order chi connectivity index (χ0) is 15.7. The highest BCUT2D eigenvalue weighted by atomic mass is 16.5. The molecule has 2 saturated heterocycles. The molecule has 0 amide bonds. The molecule has 0 unspecified atom stereocenters. The van der Waals surface area contributed by atoms with Gasteiger partial charge in [0.25, 0.3) is 0 Å². The molecule has 0 aromatic heterocycles. The number of piperidine rings is 1. The number of nitrogens with zero attached hydrogens (tertiary/aromatic N) is 1. The first kappa shape index (κ1) is 15.0. The molecule has 0 aliphatic carbocycles. The molecule has 2 fully saturated rings. The van der Waals surface area contributed by atoms with Crippen molar-refractivity contribution in [1.29, 1.82) is 0 Å². The summed E-state index contributed by atoms with van der Waals surface area (Å²) < 4.78 is 10.6. The number of methoxy groups -OCH3 is 1. The summed E-state index contributed by atoms with van der Waals surface area (Å²) >= 11 is 0. The molecule has 1 aromatic rings.